The van der Waals surface area contributed by atoms with E-state index in [1.54, 1.807) is 13.3 Å². The molecule has 2 atom stereocenters. The van der Waals surface area contributed by atoms with Gasteiger partial charge in [0, 0.05) is 42.8 Å². The second-order valence-electron chi connectivity index (χ2n) is 7.93. The standard InChI is InChI=1S/C22H26FN5O2/c1-30-20-5-4-19(18-3-2-8-25-22(18)20)26-16-6-9-27(10-7-16)14-21(29)28-13-15(23)11-17(28)12-24/h2-5,8,15-17,26H,6-7,9-11,13-14H2,1H3. The minimum Gasteiger partial charge on any atom is -0.494 e. The van der Waals surface area contributed by atoms with Crippen molar-refractivity contribution in [2.24, 2.45) is 0 Å². The number of alkyl halides is 1. The smallest absolute Gasteiger partial charge is 0.237 e. The first-order chi connectivity index (χ1) is 14.6. The predicted octanol–water partition coefficient (Wildman–Crippen LogP) is 2.58. The molecule has 4 rings (SSSR count). The van der Waals surface area contributed by atoms with Crippen LogP contribution in [0.5, 0.6) is 5.75 Å². The van der Waals surface area contributed by atoms with E-state index in [1.165, 1.54) is 4.90 Å². The molecule has 0 radical (unpaired) electrons. The summed E-state index contributed by atoms with van der Waals surface area (Å²) < 4.78 is 19.0. The monoisotopic (exact) mass is 411 g/mol. The van der Waals surface area contributed by atoms with Crippen molar-refractivity contribution in [1.82, 2.24) is 14.8 Å². The lowest BCUT2D eigenvalue weighted by Gasteiger charge is -2.33. The zero-order valence-electron chi connectivity index (χ0n) is 17.1. The van der Waals surface area contributed by atoms with Gasteiger partial charge in [-0.15, -0.1) is 0 Å². The lowest BCUT2D eigenvalue weighted by Crippen LogP contribution is -2.46. The van der Waals surface area contributed by atoms with Crippen molar-refractivity contribution in [3.63, 3.8) is 0 Å². The van der Waals surface area contributed by atoms with Gasteiger partial charge in [-0.3, -0.25) is 14.7 Å². The number of methoxy groups -OCH3 is 1. The van der Waals surface area contributed by atoms with Crippen molar-refractivity contribution in [2.75, 3.05) is 38.6 Å². The van der Waals surface area contributed by atoms with Gasteiger partial charge in [-0.2, -0.15) is 5.26 Å². The van der Waals surface area contributed by atoms with E-state index in [1.807, 2.05) is 30.3 Å². The highest BCUT2D eigenvalue weighted by Gasteiger charge is 2.36. The van der Waals surface area contributed by atoms with E-state index in [9.17, 15) is 9.18 Å². The number of pyridine rings is 1. The van der Waals surface area contributed by atoms with Crippen molar-refractivity contribution in [2.45, 2.75) is 37.5 Å². The molecular formula is C22H26FN5O2. The van der Waals surface area contributed by atoms with E-state index < -0.39 is 12.2 Å². The van der Waals surface area contributed by atoms with Crippen LogP contribution in [0.1, 0.15) is 19.3 Å². The van der Waals surface area contributed by atoms with Crippen LogP contribution in [0.4, 0.5) is 10.1 Å². The molecule has 2 aromatic rings. The first-order valence-corrected chi connectivity index (χ1v) is 10.3. The van der Waals surface area contributed by atoms with E-state index in [0.717, 1.165) is 48.3 Å². The average molecular weight is 411 g/mol. The number of nitrogens with zero attached hydrogens (tertiary/aromatic N) is 4. The van der Waals surface area contributed by atoms with Gasteiger partial charge < -0.3 is 15.0 Å². The molecule has 7 nitrogen and oxygen atoms in total. The van der Waals surface area contributed by atoms with Crippen LogP contribution in [0.2, 0.25) is 0 Å². The summed E-state index contributed by atoms with van der Waals surface area (Å²) in [5, 5.41) is 13.8. The summed E-state index contributed by atoms with van der Waals surface area (Å²) >= 11 is 0. The molecule has 8 heteroatoms. The third-order valence-corrected chi connectivity index (χ3v) is 5.98. The molecular weight excluding hydrogens is 385 g/mol. The molecule has 2 aliphatic rings. The molecule has 1 aromatic carbocycles. The third kappa shape index (κ3) is 4.17. The van der Waals surface area contributed by atoms with Gasteiger partial charge in [0.2, 0.25) is 5.91 Å². The van der Waals surface area contributed by atoms with Crippen molar-refractivity contribution >= 4 is 22.5 Å². The fourth-order valence-corrected chi connectivity index (χ4v) is 4.36. The number of aromatic nitrogens is 1. The van der Waals surface area contributed by atoms with Gasteiger partial charge in [-0.25, -0.2) is 4.39 Å². The number of rotatable bonds is 5. The van der Waals surface area contributed by atoms with Crippen molar-refractivity contribution in [3.8, 4) is 11.8 Å². The largest absolute Gasteiger partial charge is 0.494 e. The Morgan fingerprint density at radius 3 is 2.90 bits per heavy atom. The maximum atomic E-state index is 13.6. The molecule has 1 aromatic heterocycles. The van der Waals surface area contributed by atoms with Crippen molar-refractivity contribution < 1.29 is 13.9 Å². The lowest BCUT2D eigenvalue weighted by atomic mass is 10.0. The Labute approximate surface area is 175 Å². The van der Waals surface area contributed by atoms with Crippen LogP contribution in [0.25, 0.3) is 10.9 Å². The number of anilines is 1. The number of piperidine rings is 1. The molecule has 1 amide bonds. The number of carbonyl (C=O) groups excluding carboxylic acids is 1. The number of benzene rings is 1. The summed E-state index contributed by atoms with van der Waals surface area (Å²) in [7, 11) is 1.64. The number of ether oxygens (including phenoxy) is 1. The lowest BCUT2D eigenvalue weighted by molar-refractivity contribution is -0.132. The number of amides is 1. The normalized spacial score (nSPS) is 22.8. The highest BCUT2D eigenvalue weighted by atomic mass is 19.1. The van der Waals surface area contributed by atoms with E-state index in [0.29, 0.717) is 6.04 Å². The minimum atomic E-state index is -1.10. The maximum Gasteiger partial charge on any atom is 0.237 e. The highest BCUT2D eigenvalue weighted by Crippen LogP contribution is 2.31. The summed E-state index contributed by atoms with van der Waals surface area (Å²) in [4.78, 5) is 20.5. The molecule has 158 valence electrons. The molecule has 0 spiro atoms. The summed E-state index contributed by atoms with van der Waals surface area (Å²) in [6.45, 7) is 1.83. The Morgan fingerprint density at radius 2 is 2.17 bits per heavy atom. The molecule has 30 heavy (non-hydrogen) atoms. The molecule has 2 fully saturated rings. The van der Waals surface area contributed by atoms with Gasteiger partial charge in [-0.05, 0) is 37.1 Å². The van der Waals surface area contributed by atoms with Crippen LogP contribution < -0.4 is 10.1 Å². The Bertz CT molecular complexity index is 954. The summed E-state index contributed by atoms with van der Waals surface area (Å²) in [6, 6.07) is 9.58. The average Bonchev–Trinajstić information content (AvgIpc) is 3.16. The summed E-state index contributed by atoms with van der Waals surface area (Å²) in [6.07, 6.45) is 2.58. The molecule has 0 aliphatic carbocycles. The zero-order valence-corrected chi connectivity index (χ0v) is 17.1. The number of fused-ring (bicyclic) bond motifs is 1. The Morgan fingerprint density at radius 1 is 1.37 bits per heavy atom. The fraction of sp³-hybridized carbons (Fsp3) is 0.500. The summed E-state index contributed by atoms with van der Waals surface area (Å²) in [5.41, 5.74) is 1.85. The molecule has 2 aliphatic heterocycles. The number of nitriles is 1. The van der Waals surface area contributed by atoms with E-state index in [4.69, 9.17) is 10.00 Å². The van der Waals surface area contributed by atoms with Crippen LogP contribution in [0, 0.1) is 11.3 Å². The summed E-state index contributed by atoms with van der Waals surface area (Å²) in [5.74, 6) is 0.595. The van der Waals surface area contributed by atoms with Crippen LogP contribution >= 0.6 is 0 Å². The van der Waals surface area contributed by atoms with E-state index in [2.05, 4.69) is 15.2 Å². The van der Waals surface area contributed by atoms with Gasteiger partial charge in [0.15, 0.2) is 0 Å². The first kappa shape index (κ1) is 20.4. The third-order valence-electron chi connectivity index (χ3n) is 5.98. The maximum absolute atomic E-state index is 13.6. The Balaban J connectivity index is 1.34. The van der Waals surface area contributed by atoms with Crippen LogP contribution in [-0.4, -0.2) is 72.2 Å². The number of carbonyl (C=O) groups is 1. The number of likely N-dealkylation sites (tertiary alicyclic amines) is 2. The molecule has 0 saturated carbocycles. The topological polar surface area (TPSA) is 81.5 Å². The fourth-order valence-electron chi connectivity index (χ4n) is 4.36. The molecule has 1 N–H and O–H groups in total. The van der Waals surface area contributed by atoms with Gasteiger partial charge in [0.1, 0.15) is 23.5 Å². The van der Waals surface area contributed by atoms with Crippen LogP contribution in [0.15, 0.2) is 30.5 Å². The Hall–Kier alpha value is -2.92. The molecule has 2 unspecified atom stereocenters. The van der Waals surface area contributed by atoms with Gasteiger partial charge in [-0.1, -0.05) is 0 Å². The second kappa shape index (κ2) is 8.84. The molecule has 0 bridgehead atoms. The van der Waals surface area contributed by atoms with Crippen LogP contribution in [-0.2, 0) is 4.79 Å². The SMILES string of the molecule is COc1ccc(NC2CCN(CC(=O)N3CC(F)CC3C#N)CC2)c2cccnc12. The van der Waals surface area contributed by atoms with E-state index in [-0.39, 0.29) is 25.4 Å². The van der Waals surface area contributed by atoms with Gasteiger partial charge in [0.25, 0.3) is 0 Å². The van der Waals surface area contributed by atoms with Gasteiger partial charge in [0.05, 0.1) is 26.3 Å². The van der Waals surface area contributed by atoms with Gasteiger partial charge >= 0.3 is 0 Å². The minimum absolute atomic E-state index is 0.0354. The first-order valence-electron chi connectivity index (χ1n) is 10.3. The number of halogens is 1. The second-order valence-corrected chi connectivity index (χ2v) is 7.93. The predicted molar refractivity (Wildman–Crippen MR) is 112 cm³/mol. The molecule has 3 heterocycles. The van der Waals surface area contributed by atoms with E-state index >= 15 is 0 Å². The quantitative estimate of drug-likeness (QED) is 0.815. The molecule has 2 saturated heterocycles. The van der Waals surface area contributed by atoms with Crippen LogP contribution in [0.3, 0.4) is 0 Å². The number of hydrogen-bond acceptors (Lipinski definition) is 6. The number of hydrogen-bond donors (Lipinski definition) is 1. The zero-order chi connectivity index (χ0) is 21.1. The van der Waals surface area contributed by atoms with Crippen molar-refractivity contribution in [1.29, 1.82) is 5.26 Å². The highest BCUT2D eigenvalue weighted by molar-refractivity contribution is 5.95. The Kier molecular flexibility index (Phi) is 6.00. The van der Waals surface area contributed by atoms with Crippen molar-refractivity contribution in [3.05, 3.63) is 30.5 Å². The number of nitrogens with one attached hydrogen (secondary N) is 1.